The Morgan fingerprint density at radius 3 is 2.63 bits per heavy atom. The summed E-state index contributed by atoms with van der Waals surface area (Å²) in [7, 11) is -3.62. The number of primary sulfonamides is 1. The molecule has 0 bridgehead atoms. The molecule has 2 rings (SSSR count). The van der Waals surface area contributed by atoms with E-state index in [1.54, 1.807) is 12.1 Å². The van der Waals surface area contributed by atoms with E-state index in [2.05, 4.69) is 5.32 Å². The lowest BCUT2D eigenvalue weighted by Gasteiger charge is -2.22. The number of hydrogen-bond acceptors (Lipinski definition) is 4. The van der Waals surface area contributed by atoms with E-state index in [-0.39, 0.29) is 4.90 Å². The highest BCUT2D eigenvalue weighted by Gasteiger charge is 2.12. The van der Waals surface area contributed by atoms with E-state index in [4.69, 9.17) is 9.88 Å². The summed E-state index contributed by atoms with van der Waals surface area (Å²) < 4.78 is 27.8. The molecule has 1 fully saturated rings. The Kier molecular flexibility index (Phi) is 4.79. The van der Waals surface area contributed by atoms with Crippen molar-refractivity contribution in [2.45, 2.75) is 24.2 Å². The Morgan fingerprint density at radius 1 is 1.32 bits per heavy atom. The molecule has 1 saturated heterocycles. The molecular weight excluding hydrogens is 264 g/mol. The number of sulfonamides is 1. The van der Waals surface area contributed by atoms with E-state index in [0.717, 1.165) is 19.5 Å². The van der Waals surface area contributed by atoms with Gasteiger partial charge in [-0.1, -0.05) is 0 Å². The second kappa shape index (κ2) is 6.36. The normalized spacial score (nSPS) is 20.2. The average molecular weight is 284 g/mol. The van der Waals surface area contributed by atoms with Crippen molar-refractivity contribution in [2.24, 2.45) is 11.1 Å². The molecule has 106 valence electrons. The second-order valence-corrected chi connectivity index (χ2v) is 6.43. The number of nitrogens with one attached hydrogen (secondary N) is 1. The lowest BCUT2D eigenvalue weighted by Crippen LogP contribution is -2.30. The highest BCUT2D eigenvalue weighted by Crippen LogP contribution is 2.17. The number of hydrogen-bond donors (Lipinski definition) is 2. The van der Waals surface area contributed by atoms with Crippen LogP contribution in [0.3, 0.4) is 0 Å². The summed E-state index contributed by atoms with van der Waals surface area (Å²) in [6.45, 7) is 2.83. The van der Waals surface area contributed by atoms with Crippen LogP contribution in [0.2, 0.25) is 0 Å². The molecule has 0 amide bonds. The predicted octanol–water partition coefficient (Wildman–Crippen LogP) is 1.10. The van der Waals surface area contributed by atoms with E-state index in [1.165, 1.54) is 25.0 Å². The Morgan fingerprint density at radius 2 is 2.05 bits per heavy atom. The summed E-state index contributed by atoms with van der Waals surface area (Å²) in [5.74, 6) is 1.36. The zero-order valence-corrected chi connectivity index (χ0v) is 11.7. The molecule has 3 N–H and O–H groups in total. The summed E-state index contributed by atoms with van der Waals surface area (Å²) in [5, 5.41) is 8.40. The summed E-state index contributed by atoms with van der Waals surface area (Å²) in [6.07, 6.45) is 3.50. The van der Waals surface area contributed by atoms with Gasteiger partial charge in [0.2, 0.25) is 10.0 Å². The van der Waals surface area contributed by atoms with Crippen molar-refractivity contribution in [3.8, 4) is 5.75 Å². The molecule has 19 heavy (non-hydrogen) atoms. The first-order valence-corrected chi connectivity index (χ1v) is 8.07. The number of nitrogens with two attached hydrogens (primary N) is 1. The Hall–Kier alpha value is -1.11. The van der Waals surface area contributed by atoms with Crippen LogP contribution < -0.4 is 15.2 Å². The van der Waals surface area contributed by atoms with Crippen LogP contribution >= 0.6 is 0 Å². The van der Waals surface area contributed by atoms with E-state index in [0.29, 0.717) is 18.3 Å². The van der Waals surface area contributed by atoms with Gasteiger partial charge >= 0.3 is 0 Å². The first kappa shape index (κ1) is 14.3. The topological polar surface area (TPSA) is 81.4 Å². The third-order valence-corrected chi connectivity index (χ3v) is 4.28. The van der Waals surface area contributed by atoms with Crippen molar-refractivity contribution in [3.05, 3.63) is 24.3 Å². The van der Waals surface area contributed by atoms with E-state index in [9.17, 15) is 8.42 Å². The Balaban J connectivity index is 1.80. The molecule has 1 unspecified atom stereocenters. The molecule has 1 aromatic rings. The van der Waals surface area contributed by atoms with E-state index < -0.39 is 10.0 Å². The quantitative estimate of drug-likeness (QED) is 0.848. The number of ether oxygens (including phenoxy) is 1. The smallest absolute Gasteiger partial charge is 0.238 e. The predicted molar refractivity (Wildman–Crippen MR) is 73.5 cm³/mol. The van der Waals surface area contributed by atoms with Gasteiger partial charge < -0.3 is 10.1 Å². The molecule has 1 heterocycles. The van der Waals surface area contributed by atoms with Gasteiger partial charge in [-0.2, -0.15) is 0 Å². The molecule has 0 aliphatic carbocycles. The van der Waals surface area contributed by atoms with Crippen LogP contribution in [-0.2, 0) is 10.0 Å². The highest BCUT2D eigenvalue weighted by molar-refractivity contribution is 7.89. The van der Waals surface area contributed by atoms with Gasteiger partial charge in [-0.05, 0) is 62.5 Å². The van der Waals surface area contributed by atoms with Gasteiger partial charge in [0.25, 0.3) is 0 Å². The van der Waals surface area contributed by atoms with Crippen LogP contribution in [-0.4, -0.2) is 28.1 Å². The van der Waals surface area contributed by atoms with Crippen LogP contribution in [0.25, 0.3) is 0 Å². The van der Waals surface area contributed by atoms with Gasteiger partial charge in [0.05, 0.1) is 11.5 Å². The Labute approximate surface area is 114 Å². The van der Waals surface area contributed by atoms with Gasteiger partial charge in [-0.3, -0.25) is 0 Å². The SMILES string of the molecule is NS(=O)(=O)c1ccc(OCCC2CCCNC2)cc1. The minimum atomic E-state index is -3.62. The highest BCUT2D eigenvalue weighted by atomic mass is 32.2. The van der Waals surface area contributed by atoms with Crippen LogP contribution in [0.1, 0.15) is 19.3 Å². The van der Waals surface area contributed by atoms with Gasteiger partial charge in [0, 0.05) is 0 Å². The Bertz CT molecular complexity index is 493. The molecule has 1 aliphatic heterocycles. The van der Waals surface area contributed by atoms with Crippen LogP contribution in [0.5, 0.6) is 5.75 Å². The van der Waals surface area contributed by atoms with Gasteiger partial charge in [-0.15, -0.1) is 0 Å². The molecule has 1 aliphatic rings. The van der Waals surface area contributed by atoms with E-state index >= 15 is 0 Å². The fourth-order valence-corrected chi connectivity index (χ4v) is 2.75. The molecule has 1 aromatic carbocycles. The first-order chi connectivity index (χ1) is 9.05. The molecule has 0 spiro atoms. The largest absolute Gasteiger partial charge is 0.494 e. The maximum atomic E-state index is 11.1. The maximum absolute atomic E-state index is 11.1. The molecule has 6 heteroatoms. The van der Waals surface area contributed by atoms with Crippen LogP contribution in [0, 0.1) is 5.92 Å². The maximum Gasteiger partial charge on any atom is 0.238 e. The lowest BCUT2D eigenvalue weighted by molar-refractivity contribution is 0.254. The third-order valence-electron chi connectivity index (χ3n) is 3.35. The molecule has 0 saturated carbocycles. The summed E-state index contributed by atoms with van der Waals surface area (Å²) >= 11 is 0. The molecular formula is C13H20N2O3S. The number of rotatable bonds is 5. The van der Waals surface area contributed by atoms with Crippen molar-refractivity contribution < 1.29 is 13.2 Å². The minimum absolute atomic E-state index is 0.108. The van der Waals surface area contributed by atoms with Gasteiger partial charge in [-0.25, -0.2) is 13.6 Å². The van der Waals surface area contributed by atoms with Crippen molar-refractivity contribution in [3.63, 3.8) is 0 Å². The van der Waals surface area contributed by atoms with Crippen molar-refractivity contribution in [1.82, 2.24) is 5.32 Å². The zero-order chi connectivity index (χ0) is 13.7. The lowest BCUT2D eigenvalue weighted by atomic mass is 9.97. The summed E-state index contributed by atoms with van der Waals surface area (Å²) in [6, 6.07) is 6.21. The standard InChI is InChI=1S/C13H20N2O3S/c14-19(16,17)13-5-3-12(4-6-13)18-9-7-11-2-1-8-15-10-11/h3-6,11,15H,1-2,7-10H2,(H2,14,16,17). The molecule has 5 nitrogen and oxygen atoms in total. The second-order valence-electron chi connectivity index (χ2n) is 4.87. The number of benzene rings is 1. The summed E-state index contributed by atoms with van der Waals surface area (Å²) in [4.78, 5) is 0.108. The monoisotopic (exact) mass is 284 g/mol. The minimum Gasteiger partial charge on any atom is -0.494 e. The van der Waals surface area contributed by atoms with E-state index in [1.807, 2.05) is 0 Å². The zero-order valence-electron chi connectivity index (χ0n) is 10.8. The van der Waals surface area contributed by atoms with Crippen LogP contribution in [0.15, 0.2) is 29.2 Å². The van der Waals surface area contributed by atoms with Crippen molar-refractivity contribution >= 4 is 10.0 Å². The fraction of sp³-hybridized carbons (Fsp3) is 0.538. The molecule has 0 radical (unpaired) electrons. The first-order valence-electron chi connectivity index (χ1n) is 6.52. The van der Waals surface area contributed by atoms with Crippen LogP contribution in [0.4, 0.5) is 0 Å². The number of piperidine rings is 1. The van der Waals surface area contributed by atoms with Crippen molar-refractivity contribution in [2.75, 3.05) is 19.7 Å². The average Bonchev–Trinajstić information content (AvgIpc) is 2.39. The summed E-state index contributed by atoms with van der Waals surface area (Å²) in [5.41, 5.74) is 0. The van der Waals surface area contributed by atoms with Crippen molar-refractivity contribution in [1.29, 1.82) is 0 Å². The third kappa shape index (κ3) is 4.49. The molecule has 0 aromatic heterocycles. The van der Waals surface area contributed by atoms with Gasteiger partial charge in [0.15, 0.2) is 0 Å². The molecule has 1 atom stereocenters. The fourth-order valence-electron chi connectivity index (χ4n) is 2.24. The van der Waals surface area contributed by atoms with Gasteiger partial charge in [0.1, 0.15) is 5.75 Å².